The molecule has 3 rings (SSSR count). The van der Waals surface area contributed by atoms with Gasteiger partial charge in [-0.3, -0.25) is 4.68 Å². The van der Waals surface area contributed by atoms with Crippen LogP contribution in [0.4, 0.5) is 13.6 Å². The van der Waals surface area contributed by atoms with Crippen LogP contribution in [0.25, 0.3) is 0 Å². The first-order chi connectivity index (χ1) is 12.9. The fourth-order valence-electron chi connectivity index (χ4n) is 2.51. The zero-order chi connectivity index (χ0) is 19.4. The van der Waals surface area contributed by atoms with Gasteiger partial charge in [0.2, 0.25) is 5.88 Å². The molecule has 0 amide bonds. The Bertz CT molecular complexity index is 972. The molecule has 0 saturated carbocycles. The largest absolute Gasteiger partial charge is 0.512 e. The highest BCUT2D eigenvalue weighted by atomic mass is 19.1. The maximum absolute atomic E-state index is 13.8. The van der Waals surface area contributed by atoms with Crippen molar-refractivity contribution in [1.82, 2.24) is 9.78 Å². The van der Waals surface area contributed by atoms with E-state index in [4.69, 9.17) is 9.84 Å². The summed E-state index contributed by atoms with van der Waals surface area (Å²) in [5.74, 6) is -0.834. The first-order valence-electron chi connectivity index (χ1n) is 8.02. The zero-order valence-electron chi connectivity index (χ0n) is 14.4. The molecule has 6 nitrogen and oxygen atoms in total. The average Bonchev–Trinajstić information content (AvgIpc) is 2.93. The summed E-state index contributed by atoms with van der Waals surface area (Å²) in [7, 11) is 0. The Balaban J connectivity index is 1.76. The van der Waals surface area contributed by atoms with Crippen LogP contribution < -0.4 is 9.47 Å². The van der Waals surface area contributed by atoms with Gasteiger partial charge in [0, 0.05) is 29.0 Å². The molecule has 8 heteroatoms. The monoisotopic (exact) mass is 374 g/mol. The second-order valence-corrected chi connectivity index (χ2v) is 5.78. The zero-order valence-corrected chi connectivity index (χ0v) is 14.4. The number of rotatable bonds is 6. The van der Waals surface area contributed by atoms with Gasteiger partial charge < -0.3 is 14.6 Å². The van der Waals surface area contributed by atoms with E-state index in [-0.39, 0.29) is 18.1 Å². The molecule has 0 spiro atoms. The van der Waals surface area contributed by atoms with Gasteiger partial charge in [0.15, 0.2) is 0 Å². The van der Waals surface area contributed by atoms with E-state index in [2.05, 4.69) is 9.84 Å². The van der Waals surface area contributed by atoms with Crippen molar-refractivity contribution in [2.75, 3.05) is 0 Å². The van der Waals surface area contributed by atoms with Crippen LogP contribution in [0.1, 0.15) is 16.8 Å². The molecule has 3 aromatic rings. The Morgan fingerprint density at radius 1 is 1.15 bits per heavy atom. The van der Waals surface area contributed by atoms with E-state index in [1.54, 1.807) is 23.7 Å². The summed E-state index contributed by atoms with van der Waals surface area (Å²) in [4.78, 5) is 10.6. The number of para-hydroxylation sites is 1. The molecule has 0 saturated heterocycles. The summed E-state index contributed by atoms with van der Waals surface area (Å²) < 4.78 is 38.6. The summed E-state index contributed by atoms with van der Waals surface area (Å²) in [6.45, 7) is 2.00. The van der Waals surface area contributed by atoms with Gasteiger partial charge in [0.1, 0.15) is 24.0 Å². The number of halogens is 2. The minimum absolute atomic E-state index is 0.0215. The van der Waals surface area contributed by atoms with Crippen LogP contribution >= 0.6 is 0 Å². The first kappa shape index (κ1) is 18.4. The van der Waals surface area contributed by atoms with E-state index in [0.717, 1.165) is 11.6 Å². The second-order valence-electron chi connectivity index (χ2n) is 5.78. The van der Waals surface area contributed by atoms with E-state index < -0.39 is 17.8 Å². The number of hydrogen-bond donors (Lipinski definition) is 1. The molecule has 2 aromatic carbocycles. The average molecular weight is 374 g/mol. The van der Waals surface area contributed by atoms with E-state index in [1.807, 2.05) is 12.1 Å². The fourth-order valence-corrected chi connectivity index (χ4v) is 2.51. The Labute approximate surface area is 153 Å². The molecule has 27 heavy (non-hydrogen) atoms. The Kier molecular flexibility index (Phi) is 5.35. The number of ether oxygens (including phenoxy) is 2. The molecule has 0 bridgehead atoms. The van der Waals surface area contributed by atoms with Crippen molar-refractivity contribution in [2.45, 2.75) is 20.1 Å². The normalized spacial score (nSPS) is 10.6. The minimum Gasteiger partial charge on any atom is -0.488 e. The van der Waals surface area contributed by atoms with Gasteiger partial charge >= 0.3 is 6.16 Å². The number of aromatic nitrogens is 2. The third-order valence-corrected chi connectivity index (χ3v) is 3.84. The standard InChI is InChI=1S/C19H16F2N2O4/c1-12-8-18(27-19(24)25)22-23(12)10-13-4-2-3-5-17(13)26-11-14-6-7-15(20)9-16(14)21/h2-9H,10-11H2,1H3,(H,24,25). The summed E-state index contributed by atoms with van der Waals surface area (Å²) in [5, 5.41) is 12.8. The van der Waals surface area contributed by atoms with Crippen molar-refractivity contribution >= 4 is 6.16 Å². The second kappa shape index (κ2) is 7.86. The number of benzene rings is 2. The Morgan fingerprint density at radius 3 is 2.67 bits per heavy atom. The molecule has 1 heterocycles. The summed E-state index contributed by atoms with van der Waals surface area (Å²) >= 11 is 0. The minimum atomic E-state index is -1.44. The van der Waals surface area contributed by atoms with Crippen LogP contribution in [0, 0.1) is 18.6 Å². The van der Waals surface area contributed by atoms with Gasteiger partial charge in [-0.05, 0) is 25.1 Å². The van der Waals surface area contributed by atoms with Crippen molar-refractivity contribution in [3.63, 3.8) is 0 Å². The molecule has 0 fully saturated rings. The highest BCUT2D eigenvalue weighted by Gasteiger charge is 2.12. The van der Waals surface area contributed by atoms with Crippen molar-refractivity contribution in [3.8, 4) is 11.6 Å². The predicted octanol–water partition coefficient (Wildman–Crippen LogP) is 4.15. The quantitative estimate of drug-likeness (QED) is 0.656. The van der Waals surface area contributed by atoms with Gasteiger partial charge in [0.05, 0.1) is 6.54 Å². The number of nitrogens with zero attached hydrogens (tertiary/aromatic N) is 2. The summed E-state index contributed by atoms with van der Waals surface area (Å²) in [6, 6.07) is 11.9. The summed E-state index contributed by atoms with van der Waals surface area (Å²) in [6.07, 6.45) is -1.44. The third-order valence-electron chi connectivity index (χ3n) is 3.84. The highest BCUT2D eigenvalue weighted by molar-refractivity contribution is 5.60. The molecular weight excluding hydrogens is 358 g/mol. The fraction of sp³-hybridized carbons (Fsp3) is 0.158. The van der Waals surface area contributed by atoms with Crippen molar-refractivity contribution < 1.29 is 28.2 Å². The van der Waals surface area contributed by atoms with Crippen LogP contribution in [0.3, 0.4) is 0 Å². The first-order valence-corrected chi connectivity index (χ1v) is 8.02. The van der Waals surface area contributed by atoms with Crippen LogP contribution in [-0.2, 0) is 13.2 Å². The molecule has 140 valence electrons. The smallest absolute Gasteiger partial charge is 0.488 e. The topological polar surface area (TPSA) is 73.6 Å². The molecule has 0 radical (unpaired) electrons. The van der Waals surface area contributed by atoms with Gasteiger partial charge in [-0.2, -0.15) is 0 Å². The van der Waals surface area contributed by atoms with Gasteiger partial charge in [-0.25, -0.2) is 13.6 Å². The maximum atomic E-state index is 13.8. The van der Waals surface area contributed by atoms with Crippen molar-refractivity contribution in [2.24, 2.45) is 0 Å². The SMILES string of the molecule is Cc1cc(OC(=O)O)nn1Cc1ccccc1OCc1ccc(F)cc1F. The van der Waals surface area contributed by atoms with E-state index in [1.165, 1.54) is 18.2 Å². The lowest BCUT2D eigenvalue weighted by atomic mass is 10.2. The van der Waals surface area contributed by atoms with E-state index in [9.17, 15) is 13.6 Å². The summed E-state index contributed by atoms with van der Waals surface area (Å²) in [5.41, 5.74) is 1.69. The number of hydrogen-bond acceptors (Lipinski definition) is 4. The number of carboxylic acid groups (broad SMARTS) is 1. The Morgan fingerprint density at radius 2 is 1.93 bits per heavy atom. The predicted molar refractivity (Wildman–Crippen MR) is 91.9 cm³/mol. The molecule has 0 aliphatic heterocycles. The third kappa shape index (κ3) is 4.60. The van der Waals surface area contributed by atoms with Crippen LogP contribution in [0.5, 0.6) is 11.6 Å². The van der Waals surface area contributed by atoms with Gasteiger partial charge in [0.25, 0.3) is 0 Å². The van der Waals surface area contributed by atoms with E-state index in [0.29, 0.717) is 18.0 Å². The van der Waals surface area contributed by atoms with Crippen LogP contribution in [0.15, 0.2) is 48.5 Å². The molecule has 1 N–H and O–H groups in total. The van der Waals surface area contributed by atoms with Crippen LogP contribution in [-0.4, -0.2) is 21.0 Å². The molecule has 0 unspecified atom stereocenters. The van der Waals surface area contributed by atoms with E-state index >= 15 is 0 Å². The lowest BCUT2D eigenvalue weighted by Crippen LogP contribution is -2.08. The number of aryl methyl sites for hydroxylation is 1. The molecule has 0 aliphatic carbocycles. The Hall–Kier alpha value is -3.42. The lowest BCUT2D eigenvalue weighted by molar-refractivity contribution is 0.142. The van der Waals surface area contributed by atoms with Crippen LogP contribution in [0.2, 0.25) is 0 Å². The molecular formula is C19H16F2N2O4. The highest BCUT2D eigenvalue weighted by Crippen LogP contribution is 2.23. The molecule has 0 aliphatic rings. The lowest BCUT2D eigenvalue weighted by Gasteiger charge is -2.13. The van der Waals surface area contributed by atoms with Gasteiger partial charge in [-0.1, -0.05) is 18.2 Å². The maximum Gasteiger partial charge on any atom is 0.512 e. The van der Waals surface area contributed by atoms with Crippen molar-refractivity contribution in [1.29, 1.82) is 0 Å². The van der Waals surface area contributed by atoms with Gasteiger partial charge in [-0.15, -0.1) is 5.10 Å². The molecule has 1 aromatic heterocycles. The molecule has 0 atom stereocenters. The van der Waals surface area contributed by atoms with Crippen molar-refractivity contribution in [3.05, 3.63) is 77.0 Å². The number of carbonyl (C=O) groups is 1.